The van der Waals surface area contributed by atoms with Crippen LogP contribution in [0.5, 0.6) is 5.75 Å². The number of hydrogen-bond acceptors (Lipinski definition) is 6. The predicted octanol–water partition coefficient (Wildman–Crippen LogP) is 3.05. The van der Waals surface area contributed by atoms with Crippen molar-refractivity contribution in [1.82, 2.24) is 9.62 Å². The third kappa shape index (κ3) is 6.02. The van der Waals surface area contributed by atoms with Crippen molar-refractivity contribution in [2.24, 2.45) is 0 Å². The lowest BCUT2D eigenvalue weighted by Crippen LogP contribution is -2.28. The lowest BCUT2D eigenvalue weighted by molar-refractivity contribution is -0.120. The molecule has 1 fully saturated rings. The van der Waals surface area contributed by atoms with E-state index in [0.717, 1.165) is 35.7 Å². The Kier molecular flexibility index (Phi) is 8.24. The molecule has 9 heteroatoms. The van der Waals surface area contributed by atoms with Crippen LogP contribution in [0.15, 0.2) is 45.9 Å². The zero-order valence-electron chi connectivity index (χ0n) is 17.1. The van der Waals surface area contributed by atoms with Crippen molar-refractivity contribution in [1.29, 1.82) is 0 Å². The molecule has 2 aromatic rings. The van der Waals surface area contributed by atoms with Gasteiger partial charge in [-0.3, -0.25) is 4.79 Å². The van der Waals surface area contributed by atoms with Crippen molar-refractivity contribution in [2.75, 3.05) is 32.5 Å². The first-order chi connectivity index (χ1) is 14.5. The maximum atomic E-state index is 12.8. The number of nitrogens with zero attached hydrogens (tertiary/aromatic N) is 1. The molecule has 1 aromatic heterocycles. The number of hydrogen-bond donors (Lipinski definition) is 1. The third-order valence-electron chi connectivity index (χ3n) is 4.97. The summed E-state index contributed by atoms with van der Waals surface area (Å²) in [6.07, 6.45) is 4.12. The minimum Gasteiger partial charge on any atom is -0.496 e. The van der Waals surface area contributed by atoms with Crippen molar-refractivity contribution < 1.29 is 22.4 Å². The van der Waals surface area contributed by atoms with Gasteiger partial charge in [0.2, 0.25) is 15.9 Å². The summed E-state index contributed by atoms with van der Waals surface area (Å²) in [5, 5.41) is 2.90. The second-order valence-corrected chi connectivity index (χ2v) is 10.1. The van der Waals surface area contributed by atoms with Gasteiger partial charge in [0.15, 0.2) is 0 Å². The molecular weight excluding hydrogens is 424 g/mol. The summed E-state index contributed by atoms with van der Waals surface area (Å²) >= 11 is 1.69. The highest BCUT2D eigenvalue weighted by atomic mass is 32.2. The molecule has 30 heavy (non-hydrogen) atoms. The number of rotatable bonds is 11. The molecule has 1 aliphatic heterocycles. The second kappa shape index (κ2) is 10.9. The molecule has 1 saturated heterocycles. The van der Waals surface area contributed by atoms with Crippen molar-refractivity contribution in [2.45, 2.75) is 36.3 Å². The fourth-order valence-corrected chi connectivity index (χ4v) is 5.68. The first-order valence-corrected chi connectivity index (χ1v) is 12.6. The first-order valence-electron chi connectivity index (χ1n) is 10.0. The number of methoxy groups -OCH3 is 1. The highest BCUT2D eigenvalue weighted by Crippen LogP contribution is 2.27. The van der Waals surface area contributed by atoms with Gasteiger partial charge in [-0.15, -0.1) is 0 Å². The number of thioether (sulfide) groups is 1. The Morgan fingerprint density at radius 1 is 1.27 bits per heavy atom. The molecule has 0 saturated carbocycles. The van der Waals surface area contributed by atoms with Gasteiger partial charge in [0, 0.05) is 31.8 Å². The number of aryl methyl sites for hydroxylation is 1. The highest BCUT2D eigenvalue weighted by Gasteiger charge is 2.27. The SMILES string of the molecule is COc1ccc(S(=O)(=O)N2CCCC2)cc1CCC(=O)NCCSCc1ccco1. The van der Waals surface area contributed by atoms with Crippen LogP contribution in [0.3, 0.4) is 0 Å². The molecule has 0 aliphatic carbocycles. The molecule has 1 aromatic carbocycles. The minimum absolute atomic E-state index is 0.0662. The van der Waals surface area contributed by atoms with Gasteiger partial charge < -0.3 is 14.5 Å². The summed E-state index contributed by atoms with van der Waals surface area (Å²) < 4.78 is 37.8. The molecule has 1 aliphatic rings. The number of benzene rings is 1. The average Bonchev–Trinajstić information content (AvgIpc) is 3.46. The molecule has 0 unspecified atom stereocenters. The van der Waals surface area contributed by atoms with E-state index in [4.69, 9.17) is 9.15 Å². The number of ether oxygens (including phenoxy) is 1. The molecule has 7 nitrogen and oxygen atoms in total. The normalized spacial score (nSPS) is 14.7. The Balaban J connectivity index is 1.50. The van der Waals surface area contributed by atoms with Crippen LogP contribution in [0.4, 0.5) is 0 Å². The number of nitrogens with one attached hydrogen (secondary N) is 1. The van der Waals surface area contributed by atoms with Crippen LogP contribution in [0.1, 0.15) is 30.6 Å². The van der Waals surface area contributed by atoms with E-state index in [2.05, 4.69) is 5.32 Å². The van der Waals surface area contributed by atoms with Crippen LogP contribution in [0, 0.1) is 0 Å². The van der Waals surface area contributed by atoms with Gasteiger partial charge in [-0.1, -0.05) is 0 Å². The number of sulfonamides is 1. The lowest BCUT2D eigenvalue weighted by atomic mass is 10.1. The molecule has 0 atom stereocenters. The Hall–Kier alpha value is -1.97. The van der Waals surface area contributed by atoms with Gasteiger partial charge >= 0.3 is 0 Å². The number of carbonyl (C=O) groups excluding carboxylic acids is 1. The van der Waals surface area contributed by atoms with E-state index in [1.165, 1.54) is 4.31 Å². The van der Waals surface area contributed by atoms with E-state index in [0.29, 0.717) is 31.8 Å². The summed E-state index contributed by atoms with van der Waals surface area (Å²) in [5.41, 5.74) is 0.722. The number of furan rings is 1. The Morgan fingerprint density at radius 2 is 2.07 bits per heavy atom. The van der Waals surface area contributed by atoms with Crippen molar-refractivity contribution in [3.05, 3.63) is 47.9 Å². The molecule has 0 bridgehead atoms. The molecule has 1 amide bonds. The van der Waals surface area contributed by atoms with E-state index >= 15 is 0 Å². The van der Waals surface area contributed by atoms with Gasteiger partial charge in [-0.25, -0.2) is 8.42 Å². The quantitative estimate of drug-likeness (QED) is 0.527. The van der Waals surface area contributed by atoms with Crippen LogP contribution in [-0.2, 0) is 27.0 Å². The summed E-state index contributed by atoms with van der Waals surface area (Å²) in [6, 6.07) is 8.67. The summed E-state index contributed by atoms with van der Waals surface area (Å²) in [5.74, 6) is 3.01. The van der Waals surface area contributed by atoms with E-state index < -0.39 is 10.0 Å². The summed E-state index contributed by atoms with van der Waals surface area (Å²) in [4.78, 5) is 12.5. The first kappa shape index (κ1) is 22.7. The van der Waals surface area contributed by atoms with Crippen LogP contribution in [0.25, 0.3) is 0 Å². The van der Waals surface area contributed by atoms with Gasteiger partial charge in [0.25, 0.3) is 0 Å². The van der Waals surface area contributed by atoms with E-state index in [1.807, 2.05) is 12.1 Å². The molecule has 2 heterocycles. The molecular formula is C21H28N2O5S2. The zero-order valence-corrected chi connectivity index (χ0v) is 18.8. The third-order valence-corrected chi connectivity index (χ3v) is 7.85. The zero-order chi connectivity index (χ0) is 21.4. The van der Waals surface area contributed by atoms with Crippen LogP contribution < -0.4 is 10.1 Å². The van der Waals surface area contributed by atoms with E-state index in [9.17, 15) is 13.2 Å². The Labute approximate surface area is 182 Å². The van der Waals surface area contributed by atoms with E-state index in [-0.39, 0.29) is 17.2 Å². The summed E-state index contributed by atoms with van der Waals surface area (Å²) in [7, 11) is -1.95. The van der Waals surface area contributed by atoms with Crippen LogP contribution >= 0.6 is 11.8 Å². The summed E-state index contributed by atoms with van der Waals surface area (Å²) in [6.45, 7) is 1.69. The largest absolute Gasteiger partial charge is 0.496 e. The van der Waals surface area contributed by atoms with Crippen molar-refractivity contribution >= 4 is 27.7 Å². The average molecular weight is 453 g/mol. The Morgan fingerprint density at radius 3 is 2.77 bits per heavy atom. The maximum absolute atomic E-state index is 12.8. The standard InChI is InChI=1S/C21H28N2O5S2/c1-27-20-8-7-19(30(25,26)23-11-2-3-12-23)15-17(20)6-9-21(24)22-10-14-29-16-18-5-4-13-28-18/h4-5,7-8,13,15H,2-3,6,9-12,14,16H2,1H3,(H,22,24). The number of carbonyl (C=O) groups is 1. The minimum atomic E-state index is -3.50. The topological polar surface area (TPSA) is 88.9 Å². The fraction of sp³-hybridized carbons (Fsp3) is 0.476. The van der Waals surface area contributed by atoms with Crippen molar-refractivity contribution in [3.8, 4) is 5.75 Å². The molecule has 164 valence electrons. The molecule has 3 rings (SSSR count). The fourth-order valence-electron chi connectivity index (χ4n) is 3.35. The van der Waals surface area contributed by atoms with Gasteiger partial charge in [-0.05, 0) is 55.2 Å². The van der Waals surface area contributed by atoms with Gasteiger partial charge in [0.05, 0.1) is 24.0 Å². The number of amides is 1. The second-order valence-electron chi connectivity index (χ2n) is 7.07. The molecule has 1 N–H and O–H groups in total. The molecule has 0 radical (unpaired) electrons. The molecule has 0 spiro atoms. The van der Waals surface area contributed by atoms with Crippen LogP contribution in [0.2, 0.25) is 0 Å². The van der Waals surface area contributed by atoms with Gasteiger partial charge in [-0.2, -0.15) is 16.1 Å². The van der Waals surface area contributed by atoms with Gasteiger partial charge in [0.1, 0.15) is 11.5 Å². The van der Waals surface area contributed by atoms with E-state index in [1.54, 1.807) is 43.3 Å². The smallest absolute Gasteiger partial charge is 0.243 e. The Bertz CT molecular complexity index is 923. The monoisotopic (exact) mass is 452 g/mol. The maximum Gasteiger partial charge on any atom is 0.243 e. The lowest BCUT2D eigenvalue weighted by Gasteiger charge is -2.17. The van der Waals surface area contributed by atoms with Crippen LogP contribution in [-0.4, -0.2) is 51.1 Å². The predicted molar refractivity (Wildman–Crippen MR) is 117 cm³/mol. The highest BCUT2D eigenvalue weighted by molar-refractivity contribution is 7.98. The van der Waals surface area contributed by atoms with Crippen molar-refractivity contribution in [3.63, 3.8) is 0 Å².